The second kappa shape index (κ2) is 4.24. The lowest BCUT2D eigenvalue weighted by atomic mass is 9.72. The lowest BCUT2D eigenvalue weighted by Crippen LogP contribution is -2.46. The molecule has 1 fully saturated rings. The summed E-state index contributed by atoms with van der Waals surface area (Å²) in [6.45, 7) is 7.36. The third-order valence-corrected chi connectivity index (χ3v) is 3.13. The Hall–Kier alpha value is -0.0800. The van der Waals surface area contributed by atoms with Gasteiger partial charge in [0.1, 0.15) is 0 Å². The highest BCUT2D eigenvalue weighted by molar-refractivity contribution is 4.88. The Labute approximate surface area is 75.5 Å². The van der Waals surface area contributed by atoms with Crippen molar-refractivity contribution in [3.63, 3.8) is 0 Å². The van der Waals surface area contributed by atoms with Gasteiger partial charge in [-0.2, -0.15) is 0 Å². The largest absolute Gasteiger partial charge is 0.380 e. The summed E-state index contributed by atoms with van der Waals surface area (Å²) in [5.41, 5.74) is 5.96. The summed E-state index contributed by atoms with van der Waals surface area (Å²) in [5.74, 6) is 0.754. The van der Waals surface area contributed by atoms with Crippen molar-refractivity contribution >= 4 is 0 Å². The van der Waals surface area contributed by atoms with Crippen molar-refractivity contribution in [1.82, 2.24) is 0 Å². The Bertz CT molecular complexity index is 130. The average molecular weight is 171 g/mol. The van der Waals surface area contributed by atoms with E-state index in [4.69, 9.17) is 10.5 Å². The van der Waals surface area contributed by atoms with Crippen LogP contribution in [0.2, 0.25) is 0 Å². The topological polar surface area (TPSA) is 35.2 Å². The first-order chi connectivity index (χ1) is 5.71. The van der Waals surface area contributed by atoms with E-state index in [-0.39, 0.29) is 0 Å². The molecular formula is C10H21NO. The van der Waals surface area contributed by atoms with Crippen LogP contribution in [-0.4, -0.2) is 19.8 Å². The second-order valence-corrected chi connectivity index (χ2v) is 4.26. The lowest BCUT2D eigenvalue weighted by Gasteiger charge is -2.45. The van der Waals surface area contributed by atoms with E-state index in [0.717, 1.165) is 32.1 Å². The molecule has 1 aliphatic heterocycles. The third kappa shape index (κ3) is 1.99. The maximum Gasteiger partial charge on any atom is 0.0547 e. The van der Waals surface area contributed by atoms with E-state index in [0.29, 0.717) is 5.41 Å². The van der Waals surface area contributed by atoms with Gasteiger partial charge in [0, 0.05) is 5.41 Å². The molecule has 0 aromatic rings. The van der Waals surface area contributed by atoms with Crippen LogP contribution in [0.25, 0.3) is 0 Å². The van der Waals surface area contributed by atoms with Crippen molar-refractivity contribution in [2.24, 2.45) is 17.1 Å². The molecule has 12 heavy (non-hydrogen) atoms. The maximum absolute atomic E-state index is 5.46. The van der Waals surface area contributed by atoms with Gasteiger partial charge < -0.3 is 10.5 Å². The minimum atomic E-state index is 0.495. The Morgan fingerprint density at radius 2 is 2.00 bits per heavy atom. The van der Waals surface area contributed by atoms with E-state index in [9.17, 15) is 0 Å². The van der Waals surface area contributed by atoms with Gasteiger partial charge in [0.05, 0.1) is 13.2 Å². The molecule has 1 saturated heterocycles. The molecule has 1 aliphatic rings. The van der Waals surface area contributed by atoms with Crippen LogP contribution in [0.4, 0.5) is 0 Å². The van der Waals surface area contributed by atoms with Gasteiger partial charge in [0.25, 0.3) is 0 Å². The zero-order valence-electron chi connectivity index (χ0n) is 8.31. The van der Waals surface area contributed by atoms with E-state index >= 15 is 0 Å². The van der Waals surface area contributed by atoms with Crippen molar-refractivity contribution in [3.8, 4) is 0 Å². The predicted molar refractivity (Wildman–Crippen MR) is 51.0 cm³/mol. The number of ether oxygens (including phenoxy) is 1. The minimum absolute atomic E-state index is 0.495. The fourth-order valence-electron chi connectivity index (χ4n) is 1.75. The third-order valence-electron chi connectivity index (χ3n) is 3.13. The summed E-state index contributed by atoms with van der Waals surface area (Å²) in [5, 5.41) is 0. The van der Waals surface area contributed by atoms with E-state index in [2.05, 4.69) is 13.8 Å². The number of unbranched alkanes of at least 4 members (excludes halogenated alkanes) is 1. The molecule has 0 atom stereocenters. The number of hydrogen-bond donors (Lipinski definition) is 1. The maximum atomic E-state index is 5.46. The summed E-state index contributed by atoms with van der Waals surface area (Å²) < 4.78 is 5.30. The Morgan fingerprint density at radius 1 is 1.33 bits per heavy atom. The smallest absolute Gasteiger partial charge is 0.0547 e. The molecular weight excluding hydrogens is 150 g/mol. The van der Waals surface area contributed by atoms with Crippen LogP contribution in [0.15, 0.2) is 0 Å². The van der Waals surface area contributed by atoms with Crippen LogP contribution in [0, 0.1) is 11.3 Å². The first kappa shape index (κ1) is 10.0. The SMILES string of the molecule is CC(C)C1(CCCCN)COC1. The van der Waals surface area contributed by atoms with Gasteiger partial charge in [0.2, 0.25) is 0 Å². The van der Waals surface area contributed by atoms with Crippen LogP contribution in [0.3, 0.4) is 0 Å². The molecule has 0 aromatic carbocycles. The first-order valence-electron chi connectivity index (χ1n) is 4.99. The molecule has 0 aromatic heterocycles. The molecule has 0 radical (unpaired) electrons. The monoisotopic (exact) mass is 171 g/mol. The molecule has 72 valence electrons. The van der Waals surface area contributed by atoms with E-state index < -0.39 is 0 Å². The first-order valence-corrected chi connectivity index (χ1v) is 4.99. The normalized spacial score (nSPS) is 21.0. The highest BCUT2D eigenvalue weighted by atomic mass is 16.5. The molecule has 0 saturated carbocycles. The number of nitrogens with two attached hydrogens (primary N) is 1. The van der Waals surface area contributed by atoms with Crippen LogP contribution in [-0.2, 0) is 4.74 Å². The molecule has 0 spiro atoms. The summed E-state index contributed by atoms with van der Waals surface area (Å²) >= 11 is 0. The fourth-order valence-corrected chi connectivity index (χ4v) is 1.75. The molecule has 2 nitrogen and oxygen atoms in total. The Balaban J connectivity index is 2.25. The molecule has 0 amide bonds. The molecule has 1 heterocycles. The van der Waals surface area contributed by atoms with Crippen molar-refractivity contribution in [3.05, 3.63) is 0 Å². The predicted octanol–water partition coefficient (Wildman–Crippen LogP) is 1.79. The van der Waals surface area contributed by atoms with Crippen LogP contribution in [0.1, 0.15) is 33.1 Å². The van der Waals surface area contributed by atoms with E-state index in [1.165, 1.54) is 12.8 Å². The molecule has 0 unspecified atom stereocenters. The van der Waals surface area contributed by atoms with Gasteiger partial charge >= 0.3 is 0 Å². The zero-order chi connectivity index (χ0) is 9.03. The van der Waals surface area contributed by atoms with Crippen molar-refractivity contribution in [2.75, 3.05) is 19.8 Å². The highest BCUT2D eigenvalue weighted by Crippen LogP contribution is 2.40. The molecule has 2 N–H and O–H groups in total. The molecule has 0 bridgehead atoms. The summed E-state index contributed by atoms with van der Waals surface area (Å²) in [6, 6.07) is 0. The number of rotatable bonds is 5. The quantitative estimate of drug-likeness (QED) is 0.640. The number of hydrogen-bond acceptors (Lipinski definition) is 2. The van der Waals surface area contributed by atoms with E-state index in [1.807, 2.05) is 0 Å². The summed E-state index contributed by atoms with van der Waals surface area (Å²) in [4.78, 5) is 0. The van der Waals surface area contributed by atoms with Gasteiger partial charge in [-0.25, -0.2) is 0 Å². The second-order valence-electron chi connectivity index (χ2n) is 4.26. The van der Waals surface area contributed by atoms with Crippen molar-refractivity contribution in [2.45, 2.75) is 33.1 Å². The Kier molecular flexibility index (Phi) is 3.53. The summed E-state index contributed by atoms with van der Waals surface area (Å²) in [6.07, 6.45) is 3.72. The highest BCUT2D eigenvalue weighted by Gasteiger charge is 2.40. The molecule has 2 heteroatoms. The van der Waals surface area contributed by atoms with Crippen LogP contribution >= 0.6 is 0 Å². The van der Waals surface area contributed by atoms with Crippen LogP contribution in [0.5, 0.6) is 0 Å². The standard InChI is InChI=1S/C10H21NO/c1-9(2)10(7-12-8-10)5-3-4-6-11/h9H,3-8,11H2,1-2H3. The Morgan fingerprint density at radius 3 is 2.33 bits per heavy atom. The minimum Gasteiger partial charge on any atom is -0.380 e. The van der Waals surface area contributed by atoms with Crippen molar-refractivity contribution in [1.29, 1.82) is 0 Å². The summed E-state index contributed by atoms with van der Waals surface area (Å²) in [7, 11) is 0. The molecule has 1 rings (SSSR count). The average Bonchev–Trinajstić information content (AvgIpc) is 1.94. The van der Waals surface area contributed by atoms with Gasteiger partial charge in [0.15, 0.2) is 0 Å². The van der Waals surface area contributed by atoms with Gasteiger partial charge in [-0.1, -0.05) is 20.3 Å². The lowest BCUT2D eigenvalue weighted by molar-refractivity contribution is -0.144. The van der Waals surface area contributed by atoms with Crippen LogP contribution < -0.4 is 5.73 Å². The fraction of sp³-hybridized carbons (Fsp3) is 1.00. The zero-order valence-corrected chi connectivity index (χ0v) is 8.31. The van der Waals surface area contributed by atoms with Gasteiger partial charge in [-0.3, -0.25) is 0 Å². The van der Waals surface area contributed by atoms with Gasteiger partial charge in [-0.15, -0.1) is 0 Å². The van der Waals surface area contributed by atoms with Gasteiger partial charge in [-0.05, 0) is 25.3 Å². The van der Waals surface area contributed by atoms with E-state index in [1.54, 1.807) is 0 Å². The molecule has 0 aliphatic carbocycles. The van der Waals surface area contributed by atoms with Crippen molar-refractivity contribution < 1.29 is 4.74 Å².